The molecule has 5 rings (SSSR count). The summed E-state index contributed by atoms with van der Waals surface area (Å²) in [4.78, 5) is 15.6. The number of aliphatic carboxylic acids is 1. The Morgan fingerprint density at radius 3 is 2.50 bits per heavy atom. The van der Waals surface area contributed by atoms with Crippen LogP contribution in [0.25, 0.3) is 33.2 Å². The number of nitrogens with zero attached hydrogens (tertiary/aromatic N) is 2. The Morgan fingerprint density at radius 2 is 1.83 bits per heavy atom. The molecule has 1 aliphatic carbocycles. The van der Waals surface area contributed by atoms with Gasteiger partial charge in [-0.1, -0.05) is 36.6 Å². The van der Waals surface area contributed by atoms with Crippen molar-refractivity contribution in [1.29, 1.82) is 0 Å². The van der Waals surface area contributed by atoms with Crippen LogP contribution in [0.2, 0.25) is 0 Å². The molecular weight excluding hydrogens is 459 g/mol. The first kappa shape index (κ1) is 24.0. The van der Waals surface area contributed by atoms with Crippen LogP contribution >= 0.6 is 0 Å². The summed E-state index contributed by atoms with van der Waals surface area (Å²) in [6, 6.07) is 13.4. The van der Waals surface area contributed by atoms with Crippen LogP contribution in [0.1, 0.15) is 49.1 Å². The number of benzene rings is 2. The summed E-state index contributed by atoms with van der Waals surface area (Å²) in [5.74, 6) is 0.172. The van der Waals surface area contributed by atoms with E-state index in [-0.39, 0.29) is 0 Å². The number of halogens is 1. The molecule has 36 heavy (non-hydrogen) atoms. The van der Waals surface area contributed by atoms with Gasteiger partial charge in [0.2, 0.25) is 0 Å². The first-order valence-electron chi connectivity index (χ1n) is 12.3. The molecule has 1 saturated carbocycles. The third-order valence-corrected chi connectivity index (χ3v) is 6.96. The fraction of sp³-hybridized carbons (Fsp3) is 0.345. The Hall–Kier alpha value is -3.74. The van der Waals surface area contributed by atoms with Crippen molar-refractivity contribution >= 4 is 16.9 Å². The number of hydrogen-bond acceptors (Lipinski definition) is 5. The van der Waals surface area contributed by atoms with E-state index < -0.39 is 18.2 Å². The molecule has 1 fully saturated rings. The van der Waals surface area contributed by atoms with Gasteiger partial charge in [0, 0.05) is 34.7 Å². The molecule has 0 atom stereocenters. The van der Waals surface area contributed by atoms with Crippen LogP contribution < -0.4 is 4.74 Å². The zero-order chi connectivity index (χ0) is 25.3. The number of carbonyl (C=O) groups is 1. The largest absolute Gasteiger partial charge is 0.482 e. The summed E-state index contributed by atoms with van der Waals surface area (Å²) in [7, 11) is 0. The van der Waals surface area contributed by atoms with E-state index in [0.717, 1.165) is 69.4 Å². The molecule has 0 bridgehead atoms. The summed E-state index contributed by atoms with van der Waals surface area (Å²) >= 11 is 0. The van der Waals surface area contributed by atoms with E-state index in [0.29, 0.717) is 25.0 Å². The number of rotatable bonds is 7. The number of carboxylic acids is 1. The Kier molecular flexibility index (Phi) is 6.48. The van der Waals surface area contributed by atoms with Crippen LogP contribution in [-0.2, 0) is 11.2 Å². The second kappa shape index (κ2) is 9.72. The van der Waals surface area contributed by atoms with Crippen molar-refractivity contribution in [2.75, 3.05) is 6.61 Å². The Balaban J connectivity index is 1.59. The highest BCUT2D eigenvalue weighted by Crippen LogP contribution is 2.38. The Labute approximate surface area is 209 Å². The van der Waals surface area contributed by atoms with Crippen LogP contribution in [0, 0.1) is 13.8 Å². The second-order valence-corrected chi connectivity index (χ2v) is 9.73. The van der Waals surface area contributed by atoms with Crippen LogP contribution in [0.15, 0.2) is 53.2 Å². The minimum Gasteiger partial charge on any atom is -0.482 e. The van der Waals surface area contributed by atoms with Crippen molar-refractivity contribution in [3.8, 4) is 28.0 Å². The fourth-order valence-electron chi connectivity index (χ4n) is 5.27. The van der Waals surface area contributed by atoms with Gasteiger partial charge < -0.3 is 14.4 Å². The molecule has 0 unspecified atom stereocenters. The van der Waals surface area contributed by atoms with Crippen molar-refractivity contribution in [2.45, 2.75) is 58.0 Å². The zero-order valence-electron chi connectivity index (χ0n) is 20.5. The summed E-state index contributed by atoms with van der Waals surface area (Å²) in [6.07, 6.45) is 6.31. The lowest BCUT2D eigenvalue weighted by Gasteiger charge is -2.29. The van der Waals surface area contributed by atoms with E-state index in [1.807, 2.05) is 44.3 Å². The van der Waals surface area contributed by atoms with E-state index in [9.17, 15) is 4.79 Å². The number of aryl methyl sites for hydroxylation is 2. The highest BCUT2D eigenvalue weighted by molar-refractivity contribution is 5.96. The molecular formula is C29H29FN2O4. The monoisotopic (exact) mass is 488 g/mol. The van der Waals surface area contributed by atoms with Gasteiger partial charge in [0.1, 0.15) is 17.2 Å². The number of hydrogen-bond donors (Lipinski definition) is 1. The van der Waals surface area contributed by atoms with Gasteiger partial charge in [0.05, 0.1) is 11.2 Å². The average molecular weight is 489 g/mol. The quantitative estimate of drug-likeness (QED) is 0.306. The normalized spacial score (nSPS) is 15.2. The molecule has 2 heterocycles. The maximum absolute atomic E-state index is 15.7. The minimum absolute atomic E-state index is 0.366. The van der Waals surface area contributed by atoms with E-state index in [1.54, 1.807) is 12.1 Å². The third-order valence-electron chi connectivity index (χ3n) is 6.96. The van der Waals surface area contributed by atoms with Crippen molar-refractivity contribution in [2.24, 2.45) is 0 Å². The lowest BCUT2D eigenvalue weighted by molar-refractivity contribution is -0.139. The van der Waals surface area contributed by atoms with Gasteiger partial charge in [0.25, 0.3) is 0 Å². The van der Waals surface area contributed by atoms with Crippen LogP contribution in [-0.4, -0.2) is 33.5 Å². The van der Waals surface area contributed by atoms with Gasteiger partial charge in [-0.2, -0.15) is 0 Å². The van der Waals surface area contributed by atoms with Gasteiger partial charge >= 0.3 is 5.97 Å². The van der Waals surface area contributed by atoms with Crippen molar-refractivity contribution in [1.82, 2.24) is 10.1 Å². The van der Waals surface area contributed by atoms with Crippen molar-refractivity contribution in [3.05, 3.63) is 65.7 Å². The number of aromatic nitrogens is 2. The first-order chi connectivity index (χ1) is 17.3. The summed E-state index contributed by atoms with van der Waals surface area (Å²) in [6.45, 7) is 3.38. The van der Waals surface area contributed by atoms with Crippen molar-refractivity contribution < 1.29 is 23.6 Å². The van der Waals surface area contributed by atoms with Gasteiger partial charge in [0.15, 0.2) is 6.61 Å². The predicted octanol–water partition coefficient (Wildman–Crippen LogP) is 6.85. The molecule has 4 aromatic rings. The average Bonchev–Trinajstić information content (AvgIpc) is 3.20. The molecule has 0 amide bonds. The van der Waals surface area contributed by atoms with E-state index in [4.69, 9.17) is 19.4 Å². The molecule has 0 saturated heterocycles. The van der Waals surface area contributed by atoms with Gasteiger partial charge in [-0.25, -0.2) is 9.18 Å². The zero-order valence-corrected chi connectivity index (χ0v) is 20.5. The highest BCUT2D eigenvalue weighted by atomic mass is 19.1. The molecule has 1 aliphatic rings. The third kappa shape index (κ3) is 4.96. The van der Waals surface area contributed by atoms with Crippen LogP contribution in [0.4, 0.5) is 4.39 Å². The van der Waals surface area contributed by atoms with E-state index in [2.05, 4.69) is 11.2 Å². The minimum atomic E-state index is -1.19. The molecule has 2 aromatic carbocycles. The highest BCUT2D eigenvalue weighted by Gasteiger charge is 2.32. The molecule has 0 aliphatic heterocycles. The summed E-state index contributed by atoms with van der Waals surface area (Å²) in [5.41, 5.74) is 4.99. The second-order valence-electron chi connectivity index (χ2n) is 9.73. The topological polar surface area (TPSA) is 85.5 Å². The molecule has 186 valence electrons. The standard InChI is InChI=1S/C29H29FN2O4/c1-18-27(19(2)36-32-18)23-14-22-12-20(15-29(30)10-4-3-5-11-29)13-25(28(22)31-16-23)21-6-8-24(9-7-21)35-17-26(33)34/h6-9,12-14,16H,3-5,10-11,15,17H2,1-2H3,(H,33,34). The number of ether oxygens (including phenoxy) is 1. The number of alkyl halides is 1. The van der Waals surface area contributed by atoms with Gasteiger partial charge in [-0.15, -0.1) is 0 Å². The van der Waals surface area contributed by atoms with E-state index >= 15 is 4.39 Å². The lowest BCUT2D eigenvalue weighted by Crippen LogP contribution is -2.28. The molecule has 0 spiro atoms. The summed E-state index contributed by atoms with van der Waals surface area (Å²) < 4.78 is 26.3. The molecule has 1 N–H and O–H groups in total. The molecule has 7 heteroatoms. The summed E-state index contributed by atoms with van der Waals surface area (Å²) in [5, 5.41) is 13.9. The number of pyridine rings is 1. The molecule has 6 nitrogen and oxygen atoms in total. The number of carboxylic acid groups (broad SMARTS) is 1. The molecule has 2 aromatic heterocycles. The van der Waals surface area contributed by atoms with Crippen LogP contribution in [0.5, 0.6) is 5.75 Å². The lowest BCUT2D eigenvalue weighted by atomic mass is 9.81. The fourth-order valence-corrected chi connectivity index (χ4v) is 5.27. The predicted molar refractivity (Wildman–Crippen MR) is 136 cm³/mol. The molecule has 0 radical (unpaired) electrons. The van der Waals surface area contributed by atoms with E-state index in [1.165, 1.54) is 0 Å². The Bertz CT molecular complexity index is 1390. The SMILES string of the molecule is Cc1noc(C)c1-c1cnc2c(-c3ccc(OCC(=O)O)cc3)cc(CC3(F)CCCCC3)cc2c1. The first-order valence-corrected chi connectivity index (χ1v) is 12.3. The smallest absolute Gasteiger partial charge is 0.341 e. The maximum Gasteiger partial charge on any atom is 0.341 e. The number of fused-ring (bicyclic) bond motifs is 1. The van der Waals surface area contributed by atoms with Gasteiger partial charge in [-0.3, -0.25) is 4.98 Å². The maximum atomic E-state index is 15.7. The van der Waals surface area contributed by atoms with Crippen molar-refractivity contribution in [3.63, 3.8) is 0 Å². The van der Waals surface area contributed by atoms with Gasteiger partial charge in [-0.05, 0) is 68.1 Å². The van der Waals surface area contributed by atoms with Crippen LogP contribution in [0.3, 0.4) is 0 Å². The Morgan fingerprint density at radius 1 is 1.08 bits per heavy atom.